The van der Waals surface area contributed by atoms with Gasteiger partial charge in [0, 0.05) is 28.9 Å². The third-order valence-electron chi connectivity index (χ3n) is 3.37. The first-order valence-corrected chi connectivity index (χ1v) is 8.28. The van der Waals surface area contributed by atoms with Crippen molar-refractivity contribution in [2.45, 2.75) is 11.1 Å². The van der Waals surface area contributed by atoms with E-state index in [1.54, 1.807) is 12.1 Å². The van der Waals surface area contributed by atoms with Gasteiger partial charge in [-0.25, -0.2) is 8.42 Å². The molecule has 0 unspecified atom stereocenters. The van der Waals surface area contributed by atoms with E-state index < -0.39 is 21.8 Å². The minimum absolute atomic E-state index is 0.0280. The first kappa shape index (κ1) is 16.3. The number of hydrogen-bond acceptors (Lipinski definition) is 3. The predicted molar refractivity (Wildman–Crippen MR) is 84.0 cm³/mol. The van der Waals surface area contributed by atoms with Gasteiger partial charge in [0.05, 0.1) is 10.5 Å². The second-order valence-electron chi connectivity index (χ2n) is 5.04. The summed E-state index contributed by atoms with van der Waals surface area (Å²) in [6, 6.07) is 10.2. The lowest BCUT2D eigenvalue weighted by Gasteiger charge is -2.12. The van der Waals surface area contributed by atoms with Gasteiger partial charge < -0.3 is 0 Å². The topological polar surface area (TPSA) is 59.1 Å². The molecule has 0 fully saturated rings. The summed E-state index contributed by atoms with van der Waals surface area (Å²) in [5.74, 6) is 0. The monoisotopic (exact) mass is 352 g/mol. The summed E-state index contributed by atoms with van der Waals surface area (Å²) in [7, 11) is -4.05. The van der Waals surface area contributed by atoms with Crippen LogP contribution in [0.25, 0.3) is 10.8 Å². The Kier molecular flexibility index (Phi) is 3.92. The van der Waals surface area contributed by atoms with Gasteiger partial charge in [0.2, 0.25) is 0 Å². The maximum atomic E-state index is 12.7. The van der Waals surface area contributed by atoms with Gasteiger partial charge >= 0.3 is 6.18 Å². The fourth-order valence-electron chi connectivity index (χ4n) is 2.30. The molecule has 0 saturated heterocycles. The van der Waals surface area contributed by atoms with Crippen molar-refractivity contribution in [1.82, 2.24) is 4.98 Å². The molecule has 124 valence electrons. The molecule has 8 heteroatoms. The standard InChI is InChI=1S/C16H11F3N2O2S/c17-16(18,19)12-4-2-5-13(9-12)21-24(22,23)15-6-1-3-11-10-20-8-7-14(11)15/h1-10,21H. The van der Waals surface area contributed by atoms with Crippen LogP contribution in [-0.4, -0.2) is 13.4 Å². The minimum Gasteiger partial charge on any atom is -0.280 e. The molecule has 3 aromatic rings. The molecule has 0 radical (unpaired) electrons. The fraction of sp³-hybridized carbons (Fsp3) is 0.0625. The van der Waals surface area contributed by atoms with Crippen LogP contribution in [0.3, 0.4) is 0 Å². The van der Waals surface area contributed by atoms with Crippen molar-refractivity contribution in [2.75, 3.05) is 4.72 Å². The van der Waals surface area contributed by atoms with E-state index in [0.29, 0.717) is 10.8 Å². The van der Waals surface area contributed by atoms with E-state index in [2.05, 4.69) is 9.71 Å². The number of sulfonamides is 1. The molecule has 3 rings (SSSR count). The Labute approximate surface area is 136 Å². The Morgan fingerprint density at radius 1 is 1.00 bits per heavy atom. The number of anilines is 1. The average molecular weight is 352 g/mol. The van der Waals surface area contributed by atoms with Crippen molar-refractivity contribution in [3.05, 3.63) is 66.5 Å². The molecule has 0 amide bonds. The van der Waals surface area contributed by atoms with Crippen molar-refractivity contribution in [2.24, 2.45) is 0 Å². The molecule has 0 aliphatic rings. The largest absolute Gasteiger partial charge is 0.416 e. The van der Waals surface area contributed by atoms with Crippen molar-refractivity contribution in [1.29, 1.82) is 0 Å². The third-order valence-corrected chi connectivity index (χ3v) is 4.81. The van der Waals surface area contributed by atoms with Gasteiger partial charge in [-0.2, -0.15) is 13.2 Å². The van der Waals surface area contributed by atoms with Crippen molar-refractivity contribution >= 4 is 26.5 Å². The summed E-state index contributed by atoms with van der Waals surface area (Å²) < 4.78 is 65.6. The lowest BCUT2D eigenvalue weighted by atomic mass is 10.2. The van der Waals surface area contributed by atoms with E-state index in [9.17, 15) is 21.6 Å². The zero-order valence-electron chi connectivity index (χ0n) is 12.1. The molecule has 24 heavy (non-hydrogen) atoms. The van der Waals surface area contributed by atoms with Gasteiger partial charge in [-0.1, -0.05) is 18.2 Å². The number of rotatable bonds is 3. The lowest BCUT2D eigenvalue weighted by Crippen LogP contribution is -2.14. The first-order valence-electron chi connectivity index (χ1n) is 6.80. The van der Waals surface area contributed by atoms with Gasteiger partial charge in [0.1, 0.15) is 0 Å². The Morgan fingerprint density at radius 2 is 1.75 bits per heavy atom. The Morgan fingerprint density at radius 3 is 2.50 bits per heavy atom. The van der Waals surface area contributed by atoms with E-state index in [4.69, 9.17) is 0 Å². The normalized spacial score (nSPS) is 12.3. The molecule has 0 saturated carbocycles. The zero-order chi connectivity index (χ0) is 17.4. The molecule has 2 aromatic carbocycles. The van der Waals surface area contributed by atoms with Gasteiger partial charge in [0.25, 0.3) is 10.0 Å². The SMILES string of the molecule is O=S(=O)(Nc1cccc(C(F)(F)F)c1)c1cccc2cnccc12. The van der Waals surface area contributed by atoms with E-state index >= 15 is 0 Å². The third kappa shape index (κ3) is 3.18. The Balaban J connectivity index is 2.03. The first-order chi connectivity index (χ1) is 11.3. The molecule has 0 spiro atoms. The van der Waals surface area contributed by atoms with Gasteiger partial charge in [-0.3, -0.25) is 9.71 Å². The maximum Gasteiger partial charge on any atom is 0.416 e. The molecule has 1 heterocycles. The summed E-state index contributed by atoms with van der Waals surface area (Å²) in [6.45, 7) is 0. The van der Waals surface area contributed by atoms with Gasteiger partial charge in [0.15, 0.2) is 0 Å². The molecular formula is C16H11F3N2O2S. The molecule has 0 aliphatic carbocycles. The number of aromatic nitrogens is 1. The highest BCUT2D eigenvalue weighted by Crippen LogP contribution is 2.31. The van der Waals surface area contributed by atoms with Crippen LogP contribution in [0, 0.1) is 0 Å². The van der Waals surface area contributed by atoms with Crippen LogP contribution in [0.2, 0.25) is 0 Å². The van der Waals surface area contributed by atoms with E-state index in [0.717, 1.165) is 18.2 Å². The van der Waals surface area contributed by atoms with Crippen LogP contribution in [0.15, 0.2) is 65.8 Å². The average Bonchev–Trinajstić information content (AvgIpc) is 2.53. The maximum absolute atomic E-state index is 12.7. The van der Waals surface area contributed by atoms with Crippen molar-refractivity contribution in [3.63, 3.8) is 0 Å². The van der Waals surface area contributed by atoms with Crippen LogP contribution in [0.5, 0.6) is 0 Å². The molecule has 0 atom stereocenters. The highest BCUT2D eigenvalue weighted by Gasteiger charge is 2.30. The smallest absolute Gasteiger partial charge is 0.280 e. The number of pyridine rings is 1. The molecule has 1 aromatic heterocycles. The second-order valence-corrected chi connectivity index (χ2v) is 6.69. The number of fused-ring (bicyclic) bond motifs is 1. The van der Waals surface area contributed by atoms with E-state index in [1.165, 1.54) is 30.6 Å². The highest BCUT2D eigenvalue weighted by atomic mass is 32.2. The van der Waals surface area contributed by atoms with Crippen LogP contribution in [-0.2, 0) is 16.2 Å². The zero-order valence-corrected chi connectivity index (χ0v) is 12.9. The van der Waals surface area contributed by atoms with Crippen LogP contribution in [0.4, 0.5) is 18.9 Å². The summed E-state index contributed by atoms with van der Waals surface area (Å²) in [5, 5.41) is 1.05. The Bertz CT molecular complexity index is 996. The van der Waals surface area contributed by atoms with E-state index in [1.807, 2.05) is 0 Å². The summed E-state index contributed by atoms with van der Waals surface area (Å²) in [6.07, 6.45) is -1.59. The molecule has 4 nitrogen and oxygen atoms in total. The molecule has 1 N–H and O–H groups in total. The second kappa shape index (κ2) is 5.79. The summed E-state index contributed by atoms with van der Waals surface area (Å²) >= 11 is 0. The number of halogens is 3. The molecule has 0 aliphatic heterocycles. The van der Waals surface area contributed by atoms with Crippen molar-refractivity contribution < 1.29 is 21.6 Å². The quantitative estimate of drug-likeness (QED) is 0.773. The minimum atomic E-state index is -4.55. The highest BCUT2D eigenvalue weighted by molar-refractivity contribution is 7.93. The van der Waals surface area contributed by atoms with Crippen LogP contribution >= 0.6 is 0 Å². The Hall–Kier alpha value is -2.61. The number of benzene rings is 2. The van der Waals surface area contributed by atoms with Crippen LogP contribution < -0.4 is 4.72 Å². The number of nitrogens with one attached hydrogen (secondary N) is 1. The fourth-order valence-corrected chi connectivity index (χ4v) is 3.58. The van der Waals surface area contributed by atoms with Crippen LogP contribution in [0.1, 0.15) is 5.56 Å². The summed E-state index contributed by atoms with van der Waals surface area (Å²) in [5.41, 5.74) is -1.08. The van der Waals surface area contributed by atoms with Gasteiger partial charge in [-0.15, -0.1) is 0 Å². The molecular weight excluding hydrogens is 341 g/mol. The van der Waals surface area contributed by atoms with E-state index in [-0.39, 0.29) is 10.6 Å². The number of nitrogens with zero attached hydrogens (tertiary/aromatic N) is 1. The van der Waals surface area contributed by atoms with Crippen molar-refractivity contribution in [3.8, 4) is 0 Å². The van der Waals surface area contributed by atoms with Gasteiger partial charge in [-0.05, 0) is 30.3 Å². The lowest BCUT2D eigenvalue weighted by molar-refractivity contribution is -0.137. The number of hydrogen-bond donors (Lipinski definition) is 1. The number of alkyl halides is 3. The predicted octanol–water partition coefficient (Wildman–Crippen LogP) is 4.05. The summed E-state index contributed by atoms with van der Waals surface area (Å²) in [4.78, 5) is 3.89. The molecule has 0 bridgehead atoms.